The van der Waals surface area contributed by atoms with Gasteiger partial charge in [0.15, 0.2) is 0 Å². The van der Waals surface area contributed by atoms with Crippen molar-refractivity contribution in [3.05, 3.63) is 41.3 Å². The molecule has 0 saturated carbocycles. The van der Waals surface area contributed by atoms with Gasteiger partial charge in [-0.15, -0.1) is 11.3 Å². The van der Waals surface area contributed by atoms with Crippen LogP contribution in [-0.2, 0) is 0 Å². The molecule has 0 spiro atoms. The van der Waals surface area contributed by atoms with E-state index in [1.54, 1.807) is 23.6 Å². The molecule has 0 aliphatic heterocycles. The summed E-state index contributed by atoms with van der Waals surface area (Å²) in [5, 5.41) is 0.229. The van der Waals surface area contributed by atoms with Crippen LogP contribution in [0.5, 0.6) is 0 Å². The van der Waals surface area contributed by atoms with Crippen LogP contribution in [0.1, 0.15) is 5.56 Å². The van der Waals surface area contributed by atoms with Gasteiger partial charge in [-0.05, 0) is 36.2 Å². The van der Waals surface area contributed by atoms with Crippen LogP contribution in [0.4, 0.5) is 4.39 Å². The van der Waals surface area contributed by atoms with Crippen LogP contribution >= 0.6 is 22.9 Å². The van der Waals surface area contributed by atoms with E-state index in [0.29, 0.717) is 0 Å². The minimum atomic E-state index is -0.486. The average Bonchev–Trinajstić information content (AvgIpc) is 2.68. The molecule has 18 heavy (non-hydrogen) atoms. The Bertz CT molecular complexity index is 724. The lowest BCUT2D eigenvalue weighted by atomic mass is 10.1. The third-order valence-corrected chi connectivity index (χ3v) is 4.07. The third-order valence-electron chi connectivity index (χ3n) is 2.62. The van der Waals surface area contributed by atoms with Crippen molar-refractivity contribution in [3.8, 4) is 10.4 Å². The van der Waals surface area contributed by atoms with Gasteiger partial charge in [0.05, 0.1) is 10.2 Å². The number of fused-ring (bicyclic) bond motifs is 1. The standard InChI is InChI=1S/C12H7ClFN3S/c1-6-10-8(5-16-12(13)17-10)18-11(6)7-2-3-9(14)15-4-7/h2-5H,1H3. The van der Waals surface area contributed by atoms with Gasteiger partial charge in [0.2, 0.25) is 11.2 Å². The van der Waals surface area contributed by atoms with Crippen molar-refractivity contribution in [2.24, 2.45) is 0 Å². The Balaban J connectivity index is 2.23. The summed E-state index contributed by atoms with van der Waals surface area (Å²) in [5.74, 6) is -0.486. The number of nitrogens with zero attached hydrogens (tertiary/aromatic N) is 3. The highest BCUT2D eigenvalue weighted by Gasteiger charge is 2.12. The topological polar surface area (TPSA) is 38.7 Å². The van der Waals surface area contributed by atoms with Gasteiger partial charge in [0.25, 0.3) is 0 Å². The minimum Gasteiger partial charge on any atom is -0.228 e. The molecule has 3 aromatic rings. The molecule has 6 heteroatoms. The van der Waals surface area contributed by atoms with Gasteiger partial charge in [0, 0.05) is 22.8 Å². The average molecular weight is 280 g/mol. The van der Waals surface area contributed by atoms with E-state index in [-0.39, 0.29) is 5.28 Å². The Kier molecular flexibility index (Phi) is 2.72. The van der Waals surface area contributed by atoms with E-state index in [1.807, 2.05) is 6.92 Å². The molecule has 0 saturated heterocycles. The van der Waals surface area contributed by atoms with Crippen molar-refractivity contribution in [1.29, 1.82) is 0 Å². The summed E-state index contributed by atoms with van der Waals surface area (Å²) in [4.78, 5) is 12.8. The maximum atomic E-state index is 12.8. The van der Waals surface area contributed by atoms with Crippen LogP contribution in [-0.4, -0.2) is 15.0 Å². The van der Waals surface area contributed by atoms with Gasteiger partial charge in [0.1, 0.15) is 0 Å². The van der Waals surface area contributed by atoms with E-state index in [1.165, 1.54) is 12.3 Å². The number of hydrogen-bond donors (Lipinski definition) is 0. The zero-order valence-electron chi connectivity index (χ0n) is 9.32. The first-order valence-corrected chi connectivity index (χ1v) is 6.38. The first-order valence-electron chi connectivity index (χ1n) is 5.19. The summed E-state index contributed by atoms with van der Waals surface area (Å²) in [5.41, 5.74) is 2.71. The molecular weight excluding hydrogens is 273 g/mol. The van der Waals surface area contributed by atoms with Gasteiger partial charge < -0.3 is 0 Å². The van der Waals surface area contributed by atoms with Crippen molar-refractivity contribution in [1.82, 2.24) is 15.0 Å². The van der Waals surface area contributed by atoms with Crippen LogP contribution in [0, 0.1) is 12.9 Å². The van der Waals surface area contributed by atoms with E-state index >= 15 is 0 Å². The fourth-order valence-electron chi connectivity index (χ4n) is 1.77. The summed E-state index contributed by atoms with van der Waals surface area (Å²) >= 11 is 7.33. The molecule has 3 aromatic heterocycles. The molecule has 0 aliphatic rings. The Morgan fingerprint density at radius 3 is 2.78 bits per heavy atom. The highest BCUT2D eigenvalue weighted by Crippen LogP contribution is 2.36. The number of pyridine rings is 1. The molecule has 3 heterocycles. The van der Waals surface area contributed by atoms with Crippen molar-refractivity contribution < 1.29 is 4.39 Å². The van der Waals surface area contributed by atoms with Crippen molar-refractivity contribution in [2.75, 3.05) is 0 Å². The Hall–Kier alpha value is -1.59. The Morgan fingerprint density at radius 1 is 1.22 bits per heavy atom. The maximum Gasteiger partial charge on any atom is 0.222 e. The van der Waals surface area contributed by atoms with E-state index in [0.717, 1.165) is 26.2 Å². The largest absolute Gasteiger partial charge is 0.228 e. The molecule has 3 nitrogen and oxygen atoms in total. The quantitative estimate of drug-likeness (QED) is 0.502. The summed E-state index contributed by atoms with van der Waals surface area (Å²) in [7, 11) is 0. The van der Waals surface area contributed by atoms with Crippen LogP contribution in [0.25, 0.3) is 20.7 Å². The normalized spacial score (nSPS) is 11.1. The lowest BCUT2D eigenvalue weighted by Crippen LogP contribution is -1.84. The van der Waals surface area contributed by atoms with E-state index < -0.39 is 5.95 Å². The predicted molar refractivity (Wildman–Crippen MR) is 70.4 cm³/mol. The summed E-state index contributed by atoms with van der Waals surface area (Å²) in [6.45, 7) is 1.96. The summed E-state index contributed by atoms with van der Waals surface area (Å²) < 4.78 is 13.8. The number of rotatable bonds is 1. The minimum absolute atomic E-state index is 0.229. The maximum absolute atomic E-state index is 12.8. The highest BCUT2D eigenvalue weighted by atomic mass is 35.5. The lowest BCUT2D eigenvalue weighted by molar-refractivity contribution is 0.584. The first-order chi connectivity index (χ1) is 8.65. The Morgan fingerprint density at radius 2 is 2.06 bits per heavy atom. The second-order valence-corrected chi connectivity index (χ2v) is 5.17. The molecule has 0 bridgehead atoms. The van der Waals surface area contributed by atoms with Crippen LogP contribution in [0.3, 0.4) is 0 Å². The first kappa shape index (κ1) is 11.5. The van der Waals surface area contributed by atoms with Gasteiger partial charge in [-0.1, -0.05) is 0 Å². The van der Waals surface area contributed by atoms with E-state index in [9.17, 15) is 4.39 Å². The van der Waals surface area contributed by atoms with Crippen molar-refractivity contribution >= 4 is 33.2 Å². The molecular formula is C12H7ClFN3S. The Labute approximate surface area is 111 Å². The highest BCUT2D eigenvalue weighted by molar-refractivity contribution is 7.22. The fourth-order valence-corrected chi connectivity index (χ4v) is 3.01. The second kappa shape index (κ2) is 4.26. The third kappa shape index (κ3) is 1.85. The molecule has 0 N–H and O–H groups in total. The number of aromatic nitrogens is 3. The van der Waals surface area contributed by atoms with Crippen LogP contribution in [0.15, 0.2) is 24.5 Å². The molecule has 0 aromatic carbocycles. The number of thiophene rings is 1. The van der Waals surface area contributed by atoms with Gasteiger partial charge in [-0.2, -0.15) is 4.39 Å². The monoisotopic (exact) mass is 279 g/mol. The SMILES string of the molecule is Cc1c(-c2ccc(F)nc2)sc2cnc(Cl)nc12. The molecule has 90 valence electrons. The van der Waals surface area contributed by atoms with Gasteiger partial charge >= 0.3 is 0 Å². The summed E-state index contributed by atoms with van der Waals surface area (Å²) in [6, 6.07) is 3.05. The molecule has 0 atom stereocenters. The zero-order chi connectivity index (χ0) is 12.7. The molecule has 3 rings (SSSR count). The fraction of sp³-hybridized carbons (Fsp3) is 0.0833. The van der Waals surface area contributed by atoms with Crippen LogP contribution < -0.4 is 0 Å². The van der Waals surface area contributed by atoms with Crippen molar-refractivity contribution in [2.45, 2.75) is 6.92 Å². The lowest BCUT2D eigenvalue weighted by Gasteiger charge is -1.98. The van der Waals surface area contributed by atoms with Crippen LogP contribution in [0.2, 0.25) is 5.28 Å². The van der Waals surface area contributed by atoms with E-state index in [4.69, 9.17) is 11.6 Å². The van der Waals surface area contributed by atoms with Crippen molar-refractivity contribution in [3.63, 3.8) is 0 Å². The van der Waals surface area contributed by atoms with Gasteiger partial charge in [-0.25, -0.2) is 15.0 Å². The molecule has 0 unspecified atom stereocenters. The molecule has 0 fully saturated rings. The zero-order valence-corrected chi connectivity index (χ0v) is 10.9. The van der Waals surface area contributed by atoms with Gasteiger partial charge in [-0.3, -0.25) is 0 Å². The molecule has 0 aliphatic carbocycles. The number of hydrogen-bond acceptors (Lipinski definition) is 4. The number of aryl methyl sites for hydroxylation is 1. The predicted octanol–water partition coefficient (Wildman–Crippen LogP) is 3.85. The smallest absolute Gasteiger partial charge is 0.222 e. The van der Waals surface area contributed by atoms with E-state index in [2.05, 4.69) is 15.0 Å². The molecule has 0 amide bonds. The summed E-state index contributed by atoms with van der Waals surface area (Å²) in [6.07, 6.45) is 3.21. The molecule has 0 radical (unpaired) electrons. The second-order valence-electron chi connectivity index (χ2n) is 3.78. The number of halogens is 2.